The lowest BCUT2D eigenvalue weighted by Crippen LogP contribution is -2.55. The van der Waals surface area contributed by atoms with Crippen LogP contribution in [0, 0.1) is 0 Å². The zero-order valence-corrected chi connectivity index (χ0v) is 27.1. The molecule has 0 saturated carbocycles. The second kappa shape index (κ2) is 15.0. The molecule has 0 aliphatic carbocycles. The molecule has 10 nitrogen and oxygen atoms in total. The predicted molar refractivity (Wildman–Crippen MR) is 172 cm³/mol. The highest BCUT2D eigenvalue weighted by Crippen LogP contribution is 2.40. The summed E-state index contributed by atoms with van der Waals surface area (Å²) in [6.07, 6.45) is -0.401. The summed E-state index contributed by atoms with van der Waals surface area (Å²) in [5, 5.41) is 13.0. The van der Waals surface area contributed by atoms with Gasteiger partial charge in [-0.15, -0.1) is 0 Å². The normalized spacial score (nSPS) is 14.4. The van der Waals surface area contributed by atoms with Crippen LogP contribution in [0.1, 0.15) is 43.0 Å². The summed E-state index contributed by atoms with van der Waals surface area (Å²) in [5.41, 5.74) is 3.31. The maximum atomic E-state index is 14.0. The minimum Gasteiger partial charge on any atom is -0.508 e. The molecular weight excluding hydrogens is 574 g/mol. The number of carbonyl (C=O) groups is 2. The van der Waals surface area contributed by atoms with Crippen LogP contribution >= 0.6 is 0 Å². The van der Waals surface area contributed by atoms with Crippen molar-refractivity contribution in [3.63, 3.8) is 0 Å². The first-order valence-corrected chi connectivity index (χ1v) is 15.1. The third-order valence-corrected chi connectivity index (χ3v) is 7.99. The molecule has 1 aliphatic heterocycles. The molecule has 2 N–H and O–H groups in total. The molecule has 45 heavy (non-hydrogen) atoms. The quantitative estimate of drug-likeness (QED) is 0.312. The second-order valence-electron chi connectivity index (χ2n) is 12.1. The lowest BCUT2D eigenvalue weighted by Gasteiger charge is -2.37. The zero-order chi connectivity index (χ0) is 32.6. The number of amides is 2. The number of alkyl carbamates (subject to hydrolysis) is 1. The number of aromatic hydroxyl groups is 1. The molecule has 3 aromatic rings. The molecule has 0 aromatic heterocycles. The minimum atomic E-state index is -0.851. The van der Waals surface area contributed by atoms with E-state index in [0.717, 1.165) is 22.3 Å². The standard InChI is InChI=1S/C35H45N3O7/c1-35(2,3)28-21-27(39)14-12-25(28)20-29(36-34(41)45-23-24-10-8-7-9-11-24)33(40)38-18-16-37(17-19-38)22-26-13-15-30(42-4)32(44-6)31(26)43-5/h7-15,21,29,39H,16-20,22-23H2,1-6H3,(H,36,41)/t29-/m0/s1. The Kier molecular flexibility index (Phi) is 11.2. The molecule has 242 valence electrons. The number of benzene rings is 3. The molecule has 1 heterocycles. The van der Waals surface area contributed by atoms with Gasteiger partial charge in [0.25, 0.3) is 0 Å². The van der Waals surface area contributed by atoms with Gasteiger partial charge in [-0.05, 0) is 40.3 Å². The SMILES string of the molecule is COc1ccc(CN2CCN(C(=O)[C@H](Cc3ccc(O)cc3C(C)(C)C)NC(=O)OCc3ccccc3)CC2)c(OC)c1OC. The fraction of sp³-hybridized carbons (Fsp3) is 0.429. The number of rotatable bonds is 11. The topological polar surface area (TPSA) is 110 Å². The minimum absolute atomic E-state index is 0.0956. The first kappa shape index (κ1) is 33.5. The molecule has 1 saturated heterocycles. The summed E-state index contributed by atoms with van der Waals surface area (Å²) in [6, 6.07) is 17.5. The Bertz CT molecular complexity index is 1450. The van der Waals surface area contributed by atoms with Crippen LogP contribution in [-0.4, -0.2) is 80.5 Å². The Labute approximate surface area is 265 Å². The van der Waals surface area contributed by atoms with Gasteiger partial charge in [0.1, 0.15) is 18.4 Å². The Balaban J connectivity index is 1.48. The van der Waals surface area contributed by atoms with Gasteiger partial charge in [0.15, 0.2) is 11.5 Å². The summed E-state index contributed by atoms with van der Waals surface area (Å²) < 4.78 is 22.1. The fourth-order valence-electron chi connectivity index (χ4n) is 5.64. The van der Waals surface area contributed by atoms with Gasteiger partial charge in [0, 0.05) is 44.7 Å². The molecule has 1 aliphatic rings. The largest absolute Gasteiger partial charge is 0.508 e. The van der Waals surface area contributed by atoms with Gasteiger partial charge < -0.3 is 34.3 Å². The number of carbonyl (C=O) groups excluding carboxylic acids is 2. The molecule has 2 amide bonds. The maximum absolute atomic E-state index is 14.0. The van der Waals surface area contributed by atoms with Crippen molar-refractivity contribution >= 4 is 12.0 Å². The van der Waals surface area contributed by atoms with E-state index in [4.69, 9.17) is 18.9 Å². The molecule has 1 fully saturated rings. The average molecular weight is 620 g/mol. The molecule has 0 unspecified atom stereocenters. The van der Waals surface area contributed by atoms with Crippen LogP contribution in [0.2, 0.25) is 0 Å². The number of ether oxygens (including phenoxy) is 4. The van der Waals surface area contributed by atoms with Crippen molar-refractivity contribution in [1.82, 2.24) is 15.1 Å². The van der Waals surface area contributed by atoms with Gasteiger partial charge in [-0.3, -0.25) is 9.69 Å². The second-order valence-corrected chi connectivity index (χ2v) is 12.1. The van der Waals surface area contributed by atoms with Crippen LogP contribution in [0.4, 0.5) is 4.79 Å². The molecule has 0 bridgehead atoms. The highest BCUT2D eigenvalue weighted by molar-refractivity contribution is 5.86. The van der Waals surface area contributed by atoms with Crippen LogP contribution in [0.15, 0.2) is 60.7 Å². The number of methoxy groups -OCH3 is 3. The first-order valence-electron chi connectivity index (χ1n) is 15.1. The van der Waals surface area contributed by atoms with Gasteiger partial charge >= 0.3 is 6.09 Å². The number of phenols is 1. The van der Waals surface area contributed by atoms with Gasteiger partial charge in [-0.1, -0.05) is 63.2 Å². The van der Waals surface area contributed by atoms with Crippen molar-refractivity contribution in [2.75, 3.05) is 47.5 Å². The van der Waals surface area contributed by atoms with E-state index in [1.165, 1.54) is 0 Å². The van der Waals surface area contributed by atoms with E-state index < -0.39 is 12.1 Å². The Morgan fingerprint density at radius 3 is 2.16 bits per heavy atom. The summed E-state index contributed by atoms with van der Waals surface area (Å²) >= 11 is 0. The smallest absolute Gasteiger partial charge is 0.408 e. The van der Waals surface area contributed by atoms with E-state index in [9.17, 15) is 14.7 Å². The van der Waals surface area contributed by atoms with Crippen LogP contribution in [-0.2, 0) is 34.5 Å². The summed E-state index contributed by atoms with van der Waals surface area (Å²) in [4.78, 5) is 31.0. The Morgan fingerprint density at radius 1 is 0.867 bits per heavy atom. The number of nitrogens with one attached hydrogen (secondary N) is 1. The predicted octanol–water partition coefficient (Wildman–Crippen LogP) is 4.90. The van der Waals surface area contributed by atoms with Gasteiger partial charge in [0.2, 0.25) is 11.7 Å². The first-order chi connectivity index (χ1) is 21.5. The van der Waals surface area contributed by atoms with Crippen molar-refractivity contribution in [2.45, 2.75) is 51.8 Å². The van der Waals surface area contributed by atoms with Crippen LogP contribution < -0.4 is 19.5 Å². The Hall–Kier alpha value is -4.44. The third kappa shape index (κ3) is 8.60. The van der Waals surface area contributed by atoms with Gasteiger partial charge in [0.05, 0.1) is 21.3 Å². The number of hydrogen-bond donors (Lipinski definition) is 2. The van der Waals surface area contributed by atoms with Gasteiger partial charge in [-0.25, -0.2) is 4.79 Å². The third-order valence-electron chi connectivity index (χ3n) is 7.99. The summed E-state index contributed by atoms with van der Waals surface area (Å²) in [7, 11) is 4.78. The number of hydrogen-bond acceptors (Lipinski definition) is 8. The Morgan fingerprint density at radius 2 is 1.53 bits per heavy atom. The number of piperazine rings is 1. The fourth-order valence-corrected chi connectivity index (χ4v) is 5.64. The molecule has 10 heteroatoms. The molecule has 0 spiro atoms. The van der Waals surface area contributed by atoms with E-state index in [2.05, 4.69) is 31.0 Å². The molecule has 0 radical (unpaired) electrons. The van der Waals surface area contributed by atoms with Crippen LogP contribution in [0.5, 0.6) is 23.0 Å². The van der Waals surface area contributed by atoms with Crippen molar-refractivity contribution in [3.8, 4) is 23.0 Å². The van der Waals surface area contributed by atoms with Crippen LogP contribution in [0.25, 0.3) is 0 Å². The highest BCUT2D eigenvalue weighted by atomic mass is 16.5. The van der Waals surface area contributed by atoms with Crippen molar-refractivity contribution in [1.29, 1.82) is 0 Å². The average Bonchev–Trinajstić information content (AvgIpc) is 3.04. The summed E-state index contributed by atoms with van der Waals surface area (Å²) in [5.74, 6) is 1.74. The van der Waals surface area contributed by atoms with Crippen molar-refractivity contribution in [2.24, 2.45) is 0 Å². The van der Waals surface area contributed by atoms with Crippen molar-refractivity contribution in [3.05, 3.63) is 82.9 Å². The van der Waals surface area contributed by atoms with E-state index in [-0.39, 0.29) is 30.1 Å². The highest BCUT2D eigenvalue weighted by Gasteiger charge is 2.31. The molecular formula is C35H45N3O7. The lowest BCUT2D eigenvalue weighted by atomic mass is 9.82. The maximum Gasteiger partial charge on any atom is 0.408 e. The van der Waals surface area contributed by atoms with E-state index in [1.807, 2.05) is 48.5 Å². The lowest BCUT2D eigenvalue weighted by molar-refractivity contribution is -0.135. The molecule has 4 rings (SSSR count). The van der Waals surface area contributed by atoms with E-state index >= 15 is 0 Å². The van der Waals surface area contributed by atoms with Crippen LogP contribution in [0.3, 0.4) is 0 Å². The van der Waals surface area contributed by atoms with Gasteiger partial charge in [-0.2, -0.15) is 0 Å². The molecule has 1 atom stereocenters. The monoisotopic (exact) mass is 619 g/mol. The van der Waals surface area contributed by atoms with E-state index in [1.54, 1.807) is 38.4 Å². The number of phenolic OH excluding ortho intramolecular Hbond substituents is 1. The van der Waals surface area contributed by atoms with E-state index in [0.29, 0.717) is 50.0 Å². The number of nitrogens with zero attached hydrogens (tertiary/aromatic N) is 2. The molecule has 3 aromatic carbocycles. The van der Waals surface area contributed by atoms with Crippen molar-refractivity contribution < 1.29 is 33.6 Å². The summed E-state index contributed by atoms with van der Waals surface area (Å²) in [6.45, 7) is 9.13. The zero-order valence-electron chi connectivity index (χ0n) is 27.1.